The molecule has 1 aliphatic heterocycles. The van der Waals surface area contributed by atoms with E-state index in [0.29, 0.717) is 5.17 Å². The van der Waals surface area contributed by atoms with Crippen molar-refractivity contribution >= 4 is 28.2 Å². The fraction of sp³-hybridized carbons (Fsp3) is 0. The summed E-state index contributed by atoms with van der Waals surface area (Å²) in [4.78, 5) is 0. The first kappa shape index (κ1) is 11.8. The number of nitrogens with zero attached hydrogens (tertiary/aromatic N) is 2. The minimum absolute atomic E-state index is 0.446. The molecular weight excluding hydrogens is 258 g/mol. The Bertz CT molecular complexity index is 620. The fourth-order valence-electron chi connectivity index (χ4n) is 1.87. The summed E-state index contributed by atoms with van der Waals surface area (Å²) in [6.45, 7) is 0. The number of anilines is 1. The highest BCUT2D eigenvalue weighted by Gasteiger charge is 2.14. The SMILES string of the molecule is ClC1=NN(c2ccccc2)NC(c2ccccc2)=C1. The van der Waals surface area contributed by atoms with Crippen molar-refractivity contribution in [2.24, 2.45) is 5.10 Å². The van der Waals surface area contributed by atoms with Gasteiger partial charge in [-0.25, -0.2) is 0 Å². The van der Waals surface area contributed by atoms with E-state index in [9.17, 15) is 0 Å². The van der Waals surface area contributed by atoms with E-state index in [0.717, 1.165) is 16.9 Å². The van der Waals surface area contributed by atoms with Gasteiger partial charge in [-0.1, -0.05) is 60.1 Å². The first-order valence-corrected chi connectivity index (χ1v) is 6.34. The summed E-state index contributed by atoms with van der Waals surface area (Å²) in [7, 11) is 0. The molecule has 0 bridgehead atoms. The van der Waals surface area contributed by atoms with Crippen LogP contribution in [0.2, 0.25) is 0 Å². The van der Waals surface area contributed by atoms with Crippen LogP contribution < -0.4 is 10.5 Å². The van der Waals surface area contributed by atoms with Gasteiger partial charge in [-0.3, -0.25) is 5.43 Å². The largest absolute Gasteiger partial charge is 0.277 e. The second-order valence-corrected chi connectivity index (χ2v) is 4.49. The van der Waals surface area contributed by atoms with Gasteiger partial charge in [-0.05, 0) is 17.7 Å². The minimum Gasteiger partial charge on any atom is -0.277 e. The lowest BCUT2D eigenvalue weighted by molar-refractivity contribution is 0.790. The minimum atomic E-state index is 0.446. The predicted octanol–water partition coefficient (Wildman–Crippen LogP) is 3.60. The molecule has 0 amide bonds. The topological polar surface area (TPSA) is 27.6 Å². The van der Waals surface area contributed by atoms with Crippen LogP contribution in [0, 0.1) is 0 Å². The molecule has 1 N–H and O–H groups in total. The van der Waals surface area contributed by atoms with Crippen LogP contribution in [0.15, 0.2) is 71.8 Å². The third-order valence-corrected chi connectivity index (χ3v) is 2.96. The summed E-state index contributed by atoms with van der Waals surface area (Å²) in [5, 5.41) is 6.37. The van der Waals surface area contributed by atoms with Gasteiger partial charge in [-0.15, -0.1) is 5.10 Å². The molecule has 3 nitrogen and oxygen atoms in total. The number of hydrogen-bond acceptors (Lipinski definition) is 3. The van der Waals surface area contributed by atoms with Crippen molar-refractivity contribution in [3.8, 4) is 0 Å². The number of hydrogen-bond donors (Lipinski definition) is 1. The molecule has 1 heterocycles. The van der Waals surface area contributed by atoms with Crippen molar-refractivity contribution in [1.29, 1.82) is 0 Å². The molecule has 0 unspecified atom stereocenters. The van der Waals surface area contributed by atoms with Crippen LogP contribution in [-0.4, -0.2) is 5.17 Å². The zero-order valence-electron chi connectivity index (χ0n) is 10.1. The Morgan fingerprint density at radius 3 is 2.21 bits per heavy atom. The molecule has 0 fully saturated rings. The second kappa shape index (κ2) is 5.16. The van der Waals surface area contributed by atoms with Gasteiger partial charge in [0.05, 0.1) is 11.4 Å². The lowest BCUT2D eigenvalue weighted by Gasteiger charge is -2.26. The van der Waals surface area contributed by atoms with Crippen LogP contribution in [0.3, 0.4) is 0 Å². The van der Waals surface area contributed by atoms with E-state index in [-0.39, 0.29) is 0 Å². The van der Waals surface area contributed by atoms with Crippen LogP contribution >= 0.6 is 11.6 Å². The van der Waals surface area contributed by atoms with E-state index >= 15 is 0 Å². The Labute approximate surface area is 116 Å². The Morgan fingerprint density at radius 1 is 0.895 bits per heavy atom. The first-order chi connectivity index (χ1) is 9.33. The summed E-state index contributed by atoms with van der Waals surface area (Å²) < 4.78 is 0. The van der Waals surface area contributed by atoms with Crippen molar-refractivity contribution in [2.75, 3.05) is 5.12 Å². The lowest BCUT2D eigenvalue weighted by Crippen LogP contribution is -2.35. The quantitative estimate of drug-likeness (QED) is 0.902. The molecule has 1 aliphatic rings. The average molecular weight is 270 g/mol. The van der Waals surface area contributed by atoms with E-state index in [1.165, 1.54) is 0 Å². The van der Waals surface area contributed by atoms with Gasteiger partial charge in [0.1, 0.15) is 0 Å². The zero-order chi connectivity index (χ0) is 13.1. The van der Waals surface area contributed by atoms with Gasteiger partial charge in [0.15, 0.2) is 5.17 Å². The summed E-state index contributed by atoms with van der Waals surface area (Å²) in [6.07, 6.45) is 1.82. The Morgan fingerprint density at radius 2 is 1.53 bits per heavy atom. The van der Waals surface area contributed by atoms with Gasteiger partial charge in [0.25, 0.3) is 0 Å². The number of benzene rings is 2. The molecule has 2 aromatic carbocycles. The Balaban J connectivity index is 1.92. The van der Waals surface area contributed by atoms with E-state index < -0.39 is 0 Å². The van der Waals surface area contributed by atoms with Gasteiger partial charge in [-0.2, -0.15) is 5.12 Å². The summed E-state index contributed by atoms with van der Waals surface area (Å²) in [6, 6.07) is 19.8. The van der Waals surface area contributed by atoms with Gasteiger partial charge < -0.3 is 0 Å². The number of hydrazine groups is 1. The zero-order valence-corrected chi connectivity index (χ0v) is 10.9. The van der Waals surface area contributed by atoms with Crippen molar-refractivity contribution in [1.82, 2.24) is 5.43 Å². The number of hydrazone groups is 1. The number of halogens is 1. The van der Waals surface area contributed by atoms with Crippen molar-refractivity contribution in [2.45, 2.75) is 0 Å². The molecule has 2 aromatic rings. The molecule has 0 radical (unpaired) electrons. The number of rotatable bonds is 2. The summed E-state index contributed by atoms with van der Waals surface area (Å²) in [5.74, 6) is 0. The summed E-state index contributed by atoms with van der Waals surface area (Å²) >= 11 is 6.10. The molecule has 0 aliphatic carbocycles. The molecule has 0 saturated heterocycles. The lowest BCUT2D eigenvalue weighted by atomic mass is 10.1. The van der Waals surface area contributed by atoms with E-state index in [2.05, 4.69) is 10.5 Å². The first-order valence-electron chi connectivity index (χ1n) is 5.96. The molecule has 0 aromatic heterocycles. The smallest absolute Gasteiger partial charge is 0.153 e. The highest BCUT2D eigenvalue weighted by molar-refractivity contribution is 6.69. The van der Waals surface area contributed by atoms with Crippen molar-refractivity contribution in [3.05, 3.63) is 72.3 Å². The van der Waals surface area contributed by atoms with Crippen LogP contribution in [0.25, 0.3) is 5.70 Å². The number of para-hydroxylation sites is 1. The third-order valence-electron chi connectivity index (χ3n) is 2.77. The molecule has 0 spiro atoms. The summed E-state index contributed by atoms with van der Waals surface area (Å²) in [5.41, 5.74) is 6.16. The normalized spacial score (nSPS) is 14.5. The number of allylic oxidation sites excluding steroid dienone is 1. The fourth-order valence-corrected chi connectivity index (χ4v) is 2.06. The maximum absolute atomic E-state index is 6.10. The molecule has 94 valence electrons. The molecule has 3 rings (SSSR count). The highest BCUT2D eigenvalue weighted by Crippen LogP contribution is 2.21. The third kappa shape index (κ3) is 2.61. The molecular formula is C15H12ClN3. The van der Waals surface area contributed by atoms with Crippen LogP contribution in [0.1, 0.15) is 5.56 Å². The Kier molecular flexibility index (Phi) is 3.21. The second-order valence-electron chi connectivity index (χ2n) is 4.11. The monoisotopic (exact) mass is 269 g/mol. The molecule has 0 saturated carbocycles. The predicted molar refractivity (Wildman–Crippen MR) is 79.8 cm³/mol. The van der Waals surface area contributed by atoms with Gasteiger partial charge in [0.2, 0.25) is 0 Å². The molecule has 0 atom stereocenters. The maximum Gasteiger partial charge on any atom is 0.153 e. The standard InChI is InChI=1S/C15H12ClN3/c16-15-11-14(12-7-3-1-4-8-12)17-19(18-15)13-9-5-2-6-10-13/h1-11,17H. The highest BCUT2D eigenvalue weighted by atomic mass is 35.5. The van der Waals surface area contributed by atoms with E-state index in [1.54, 1.807) is 5.12 Å². The molecule has 19 heavy (non-hydrogen) atoms. The maximum atomic E-state index is 6.10. The van der Waals surface area contributed by atoms with Crippen LogP contribution in [0.4, 0.5) is 5.69 Å². The number of nitrogens with one attached hydrogen (secondary N) is 1. The van der Waals surface area contributed by atoms with E-state index in [1.807, 2.05) is 66.7 Å². The van der Waals surface area contributed by atoms with Crippen molar-refractivity contribution < 1.29 is 0 Å². The average Bonchev–Trinajstić information content (AvgIpc) is 2.48. The Hall–Kier alpha value is -2.26. The van der Waals surface area contributed by atoms with E-state index in [4.69, 9.17) is 11.6 Å². The van der Waals surface area contributed by atoms with Gasteiger partial charge in [0, 0.05) is 6.08 Å². The molecule has 4 heteroatoms. The van der Waals surface area contributed by atoms with Gasteiger partial charge >= 0.3 is 0 Å². The van der Waals surface area contributed by atoms with Crippen molar-refractivity contribution in [3.63, 3.8) is 0 Å². The van der Waals surface area contributed by atoms with Crippen LogP contribution in [-0.2, 0) is 0 Å². The van der Waals surface area contributed by atoms with Crippen LogP contribution in [0.5, 0.6) is 0 Å².